The topological polar surface area (TPSA) is 54.5 Å². The van der Waals surface area contributed by atoms with E-state index in [1.807, 2.05) is 17.5 Å². The van der Waals surface area contributed by atoms with Gasteiger partial charge in [-0.25, -0.2) is 4.98 Å². The van der Waals surface area contributed by atoms with E-state index in [0.717, 1.165) is 30.2 Å². The van der Waals surface area contributed by atoms with Crippen molar-refractivity contribution in [3.05, 3.63) is 69.6 Å². The quantitative estimate of drug-likeness (QED) is 0.601. The van der Waals surface area contributed by atoms with Crippen LogP contribution >= 0.6 is 22.9 Å². The number of thiazole rings is 1. The number of rotatable bonds is 6. The molecule has 144 valence electrons. The molecular weight excluding hydrogens is 394 g/mol. The van der Waals surface area contributed by atoms with Crippen molar-refractivity contribution >= 4 is 40.2 Å². The number of halogens is 1. The summed E-state index contributed by atoms with van der Waals surface area (Å²) < 4.78 is 5.69. The van der Waals surface area contributed by atoms with Gasteiger partial charge in [-0.3, -0.25) is 4.79 Å². The molecule has 0 saturated carbocycles. The lowest BCUT2D eigenvalue weighted by atomic mass is 10.2. The highest BCUT2D eigenvalue weighted by atomic mass is 35.5. The Morgan fingerprint density at radius 3 is 2.68 bits per heavy atom. The molecular formula is C21H20ClN3O2S. The van der Waals surface area contributed by atoms with Crippen molar-refractivity contribution in [1.29, 1.82) is 0 Å². The third-order valence-electron chi connectivity index (χ3n) is 4.64. The Labute approximate surface area is 172 Å². The number of nitrogens with zero attached hydrogens (tertiary/aromatic N) is 2. The predicted molar refractivity (Wildman–Crippen MR) is 114 cm³/mol. The molecule has 1 aliphatic heterocycles. The first kappa shape index (κ1) is 18.8. The lowest BCUT2D eigenvalue weighted by Crippen LogP contribution is -2.21. The Hall–Kier alpha value is -2.57. The van der Waals surface area contributed by atoms with Gasteiger partial charge in [0.2, 0.25) is 0 Å². The van der Waals surface area contributed by atoms with Gasteiger partial charge in [0.25, 0.3) is 5.91 Å². The summed E-state index contributed by atoms with van der Waals surface area (Å²) in [5.74, 6) is 0.527. The lowest BCUT2D eigenvalue weighted by molar-refractivity contribution is 0.102. The maximum Gasteiger partial charge on any atom is 0.255 e. The summed E-state index contributed by atoms with van der Waals surface area (Å²) in [5.41, 5.74) is 4.98. The molecule has 4 rings (SSSR count). The number of carbonyl (C=O) groups excluding carboxylic acids is 1. The number of hydrogen-bond acceptors (Lipinski definition) is 5. The third kappa shape index (κ3) is 4.46. The molecule has 0 aliphatic carbocycles. The molecule has 1 aliphatic rings. The van der Waals surface area contributed by atoms with Crippen LogP contribution in [0.25, 0.3) is 0 Å². The molecule has 1 N–H and O–H groups in total. The average molecular weight is 414 g/mol. The van der Waals surface area contributed by atoms with Crippen LogP contribution in [0.5, 0.6) is 5.75 Å². The number of aromatic nitrogens is 1. The van der Waals surface area contributed by atoms with E-state index in [1.165, 1.54) is 24.2 Å². The molecule has 28 heavy (non-hydrogen) atoms. The van der Waals surface area contributed by atoms with Gasteiger partial charge < -0.3 is 15.0 Å². The van der Waals surface area contributed by atoms with Gasteiger partial charge in [-0.15, -0.1) is 11.3 Å². The molecule has 7 heteroatoms. The summed E-state index contributed by atoms with van der Waals surface area (Å²) in [7, 11) is 0. The smallest absolute Gasteiger partial charge is 0.255 e. The standard InChI is InChI=1S/C21H20ClN3O2S/c22-16-5-8-20(25-9-1-2-10-25)19(11-16)24-21(26)15-3-6-18(7-4-15)27-12-17-13-28-14-23-17/h3-8,11,13-14H,1-2,9-10,12H2,(H,24,26). The molecule has 1 saturated heterocycles. The highest BCUT2D eigenvalue weighted by Gasteiger charge is 2.18. The Kier molecular flexibility index (Phi) is 5.78. The van der Waals surface area contributed by atoms with Crippen molar-refractivity contribution in [2.75, 3.05) is 23.3 Å². The van der Waals surface area contributed by atoms with Crippen molar-refractivity contribution in [2.45, 2.75) is 19.4 Å². The first-order valence-corrected chi connectivity index (χ1v) is 10.5. The molecule has 1 aromatic heterocycles. The van der Waals surface area contributed by atoms with E-state index in [2.05, 4.69) is 15.2 Å². The van der Waals surface area contributed by atoms with Crippen LogP contribution in [0.4, 0.5) is 11.4 Å². The zero-order valence-corrected chi connectivity index (χ0v) is 16.8. The molecule has 0 atom stereocenters. The molecule has 0 spiro atoms. The summed E-state index contributed by atoms with van der Waals surface area (Å²) >= 11 is 7.70. The largest absolute Gasteiger partial charge is 0.487 e. The zero-order valence-electron chi connectivity index (χ0n) is 15.2. The van der Waals surface area contributed by atoms with Gasteiger partial charge in [0, 0.05) is 29.1 Å². The van der Waals surface area contributed by atoms with Crippen LogP contribution in [0, 0.1) is 0 Å². The van der Waals surface area contributed by atoms with E-state index >= 15 is 0 Å². The van der Waals surface area contributed by atoms with Crippen LogP contribution in [0.15, 0.2) is 53.4 Å². The van der Waals surface area contributed by atoms with Crippen molar-refractivity contribution < 1.29 is 9.53 Å². The second kappa shape index (κ2) is 8.63. The van der Waals surface area contributed by atoms with Crippen LogP contribution in [0.2, 0.25) is 5.02 Å². The summed E-state index contributed by atoms with van der Waals surface area (Å²) in [5, 5.41) is 5.55. The molecule has 3 aromatic rings. The number of carbonyl (C=O) groups is 1. The van der Waals surface area contributed by atoms with Crippen LogP contribution in [-0.2, 0) is 6.61 Å². The van der Waals surface area contributed by atoms with Crippen molar-refractivity contribution in [3.63, 3.8) is 0 Å². The Bertz CT molecular complexity index is 939. The van der Waals surface area contributed by atoms with Crippen LogP contribution < -0.4 is 15.0 Å². The zero-order chi connectivity index (χ0) is 19.3. The summed E-state index contributed by atoms with van der Waals surface area (Å²) in [6.07, 6.45) is 2.33. The van der Waals surface area contributed by atoms with Crippen molar-refractivity contribution in [2.24, 2.45) is 0 Å². The van der Waals surface area contributed by atoms with Gasteiger partial charge in [0.1, 0.15) is 12.4 Å². The molecule has 5 nitrogen and oxygen atoms in total. The molecule has 2 heterocycles. The fourth-order valence-corrected chi connectivity index (χ4v) is 3.92. The van der Waals surface area contributed by atoms with E-state index in [1.54, 1.807) is 35.8 Å². The Balaban J connectivity index is 1.44. The second-order valence-corrected chi connectivity index (χ2v) is 7.76. The maximum absolute atomic E-state index is 12.7. The minimum atomic E-state index is -0.172. The summed E-state index contributed by atoms with van der Waals surface area (Å²) in [6, 6.07) is 12.7. The summed E-state index contributed by atoms with van der Waals surface area (Å²) in [6.45, 7) is 2.40. The SMILES string of the molecule is O=C(Nc1cc(Cl)ccc1N1CCCC1)c1ccc(OCc2cscn2)cc1. The molecule has 1 amide bonds. The van der Waals surface area contributed by atoms with Crippen LogP contribution in [-0.4, -0.2) is 24.0 Å². The number of anilines is 2. The van der Waals surface area contributed by atoms with Crippen LogP contribution in [0.1, 0.15) is 28.9 Å². The average Bonchev–Trinajstić information content (AvgIpc) is 3.41. The van der Waals surface area contributed by atoms with Crippen LogP contribution in [0.3, 0.4) is 0 Å². The van der Waals surface area contributed by atoms with Gasteiger partial charge in [0.05, 0.1) is 22.6 Å². The van der Waals surface area contributed by atoms with E-state index in [-0.39, 0.29) is 5.91 Å². The summed E-state index contributed by atoms with van der Waals surface area (Å²) in [4.78, 5) is 19.2. The minimum Gasteiger partial charge on any atom is -0.487 e. The van der Waals surface area contributed by atoms with Gasteiger partial charge in [-0.2, -0.15) is 0 Å². The van der Waals surface area contributed by atoms with Gasteiger partial charge in [-0.1, -0.05) is 11.6 Å². The first-order chi connectivity index (χ1) is 13.7. The van der Waals surface area contributed by atoms with Gasteiger partial charge in [0.15, 0.2) is 0 Å². The second-order valence-electron chi connectivity index (χ2n) is 6.60. The Morgan fingerprint density at radius 2 is 1.96 bits per heavy atom. The lowest BCUT2D eigenvalue weighted by Gasteiger charge is -2.22. The van der Waals surface area contributed by atoms with E-state index < -0.39 is 0 Å². The number of ether oxygens (including phenoxy) is 1. The fraction of sp³-hybridized carbons (Fsp3) is 0.238. The number of amides is 1. The highest BCUT2D eigenvalue weighted by Crippen LogP contribution is 2.32. The maximum atomic E-state index is 12.7. The van der Waals surface area contributed by atoms with E-state index in [4.69, 9.17) is 16.3 Å². The predicted octanol–water partition coefficient (Wildman–Crippen LogP) is 5.23. The van der Waals surface area contributed by atoms with E-state index in [0.29, 0.717) is 22.9 Å². The molecule has 1 fully saturated rings. The van der Waals surface area contributed by atoms with Gasteiger partial charge in [-0.05, 0) is 55.3 Å². The fourth-order valence-electron chi connectivity index (χ4n) is 3.21. The molecule has 0 radical (unpaired) electrons. The monoisotopic (exact) mass is 413 g/mol. The highest BCUT2D eigenvalue weighted by molar-refractivity contribution is 7.07. The number of hydrogen-bond donors (Lipinski definition) is 1. The molecule has 0 unspecified atom stereocenters. The Morgan fingerprint density at radius 1 is 1.18 bits per heavy atom. The van der Waals surface area contributed by atoms with Gasteiger partial charge >= 0.3 is 0 Å². The molecule has 2 aromatic carbocycles. The normalized spacial score (nSPS) is 13.5. The molecule has 0 bridgehead atoms. The minimum absolute atomic E-state index is 0.172. The van der Waals surface area contributed by atoms with Crippen molar-refractivity contribution in [3.8, 4) is 5.75 Å². The first-order valence-electron chi connectivity index (χ1n) is 9.15. The number of benzene rings is 2. The number of nitrogens with one attached hydrogen (secondary N) is 1. The van der Waals surface area contributed by atoms with Crippen molar-refractivity contribution in [1.82, 2.24) is 4.98 Å². The third-order valence-corrected chi connectivity index (χ3v) is 5.51. The van der Waals surface area contributed by atoms with E-state index in [9.17, 15) is 4.79 Å².